The molecular formula is C23H34N4S. The summed E-state index contributed by atoms with van der Waals surface area (Å²) in [7, 11) is 1.93. The smallest absolute Gasteiger partial charge is 0.188 e. The van der Waals surface area contributed by atoms with Crippen LogP contribution in [0.1, 0.15) is 45.4 Å². The summed E-state index contributed by atoms with van der Waals surface area (Å²) < 4.78 is 0. The Hall–Kier alpha value is -2.66. The van der Waals surface area contributed by atoms with Crippen molar-refractivity contribution in [3.8, 4) is 0 Å². The quantitative estimate of drug-likeness (QED) is 0.471. The number of allylic oxidation sites excluding steroid dienone is 5. The third-order valence-electron chi connectivity index (χ3n) is 3.22. The van der Waals surface area contributed by atoms with Crippen LogP contribution in [0.25, 0.3) is 6.08 Å². The minimum absolute atomic E-state index is 0.813. The monoisotopic (exact) mass is 398 g/mol. The predicted octanol–water partition coefficient (Wildman–Crippen LogP) is 6.97. The largest absolute Gasteiger partial charge is 0.394 e. The number of hydrogen-bond acceptors (Lipinski definition) is 5. The Kier molecular flexibility index (Phi) is 16.1. The second kappa shape index (κ2) is 17.7. The van der Waals surface area contributed by atoms with E-state index in [1.807, 2.05) is 64.4 Å². The molecule has 0 aromatic carbocycles. The normalized spacial score (nSPS) is 10.7. The summed E-state index contributed by atoms with van der Waals surface area (Å²) in [6.07, 6.45) is 17.6. The van der Waals surface area contributed by atoms with Crippen LogP contribution < -0.4 is 10.6 Å². The maximum atomic E-state index is 4.35. The van der Waals surface area contributed by atoms with E-state index in [0.29, 0.717) is 0 Å². The molecule has 2 aromatic rings. The number of nitrogens with one attached hydrogen (secondary N) is 2. The van der Waals surface area contributed by atoms with Gasteiger partial charge in [0, 0.05) is 24.3 Å². The first-order chi connectivity index (χ1) is 13.7. The van der Waals surface area contributed by atoms with E-state index in [1.165, 1.54) is 5.57 Å². The Morgan fingerprint density at radius 1 is 1.25 bits per heavy atom. The van der Waals surface area contributed by atoms with E-state index in [9.17, 15) is 0 Å². The van der Waals surface area contributed by atoms with Gasteiger partial charge in [0.05, 0.1) is 0 Å². The van der Waals surface area contributed by atoms with Crippen molar-refractivity contribution in [3.63, 3.8) is 0 Å². The molecule has 2 aromatic heterocycles. The van der Waals surface area contributed by atoms with Crippen molar-refractivity contribution in [2.75, 3.05) is 12.4 Å². The number of pyridine rings is 1. The van der Waals surface area contributed by atoms with Crippen LogP contribution in [0.15, 0.2) is 73.2 Å². The highest BCUT2D eigenvalue weighted by molar-refractivity contribution is 7.16. The Bertz CT molecular complexity index is 715. The lowest BCUT2D eigenvalue weighted by atomic mass is 10.1. The van der Waals surface area contributed by atoms with Crippen molar-refractivity contribution < 1.29 is 0 Å². The zero-order valence-electron chi connectivity index (χ0n) is 17.8. The second-order valence-electron chi connectivity index (χ2n) is 5.22. The molecule has 28 heavy (non-hydrogen) atoms. The van der Waals surface area contributed by atoms with Crippen LogP contribution in [-0.4, -0.2) is 17.0 Å². The predicted molar refractivity (Wildman–Crippen MR) is 127 cm³/mol. The molecule has 0 bridgehead atoms. The topological polar surface area (TPSA) is 49.8 Å². The van der Waals surface area contributed by atoms with Gasteiger partial charge in [0.2, 0.25) is 0 Å². The van der Waals surface area contributed by atoms with Gasteiger partial charge in [-0.3, -0.25) is 0 Å². The molecule has 0 aliphatic carbocycles. The van der Waals surface area contributed by atoms with E-state index < -0.39 is 0 Å². The van der Waals surface area contributed by atoms with E-state index in [0.717, 1.165) is 28.7 Å². The molecule has 0 aliphatic heterocycles. The van der Waals surface area contributed by atoms with Crippen LogP contribution >= 0.6 is 11.3 Å². The van der Waals surface area contributed by atoms with Gasteiger partial charge >= 0.3 is 0 Å². The Morgan fingerprint density at radius 3 is 2.57 bits per heavy atom. The van der Waals surface area contributed by atoms with Crippen LogP contribution in [-0.2, 0) is 0 Å². The summed E-state index contributed by atoms with van der Waals surface area (Å²) in [5.74, 6) is 0.813. The number of anilines is 2. The first-order valence-electron chi connectivity index (χ1n) is 9.62. The lowest BCUT2D eigenvalue weighted by Gasteiger charge is -1.99. The Balaban J connectivity index is 0.000000906. The van der Waals surface area contributed by atoms with Crippen molar-refractivity contribution in [2.45, 2.75) is 40.5 Å². The van der Waals surface area contributed by atoms with E-state index in [1.54, 1.807) is 23.6 Å². The third-order valence-corrected chi connectivity index (χ3v) is 4.09. The third kappa shape index (κ3) is 11.9. The summed E-state index contributed by atoms with van der Waals surface area (Å²) in [6.45, 7) is 11.6. The zero-order chi connectivity index (χ0) is 21.0. The SMILES string of the molecule is C=C/C=C/C.CC.CC/C(=C/NC)C/C=C/c1cnc(Nc2ccccn2)s1. The minimum Gasteiger partial charge on any atom is -0.394 e. The summed E-state index contributed by atoms with van der Waals surface area (Å²) in [4.78, 5) is 9.71. The molecule has 0 amide bonds. The maximum absolute atomic E-state index is 4.35. The molecule has 0 aliphatic rings. The zero-order valence-corrected chi connectivity index (χ0v) is 18.6. The van der Waals surface area contributed by atoms with Crippen molar-refractivity contribution >= 4 is 28.4 Å². The molecule has 0 spiro atoms. The van der Waals surface area contributed by atoms with Crippen molar-refractivity contribution in [2.24, 2.45) is 0 Å². The van der Waals surface area contributed by atoms with Gasteiger partial charge in [-0.2, -0.15) is 0 Å². The van der Waals surface area contributed by atoms with Crippen LogP contribution in [0.5, 0.6) is 0 Å². The number of hydrogen-bond donors (Lipinski definition) is 2. The molecule has 2 N–H and O–H groups in total. The van der Waals surface area contributed by atoms with Crippen LogP contribution in [0.3, 0.4) is 0 Å². The maximum Gasteiger partial charge on any atom is 0.188 e. The van der Waals surface area contributed by atoms with Crippen LogP contribution in [0, 0.1) is 0 Å². The molecule has 5 heteroatoms. The highest BCUT2D eigenvalue weighted by atomic mass is 32.1. The summed E-state index contributed by atoms with van der Waals surface area (Å²) in [5, 5.41) is 7.13. The van der Waals surface area contributed by atoms with Gasteiger partial charge in [0.15, 0.2) is 5.13 Å². The minimum atomic E-state index is 0.813. The number of aromatic nitrogens is 2. The van der Waals surface area contributed by atoms with E-state index in [4.69, 9.17) is 0 Å². The molecule has 2 rings (SSSR count). The van der Waals surface area contributed by atoms with Crippen LogP contribution in [0.4, 0.5) is 10.9 Å². The number of nitrogens with zero attached hydrogens (tertiary/aromatic N) is 2. The van der Waals surface area contributed by atoms with Crippen LogP contribution in [0.2, 0.25) is 0 Å². The number of thiazole rings is 1. The van der Waals surface area contributed by atoms with Crippen molar-refractivity contribution in [1.82, 2.24) is 15.3 Å². The van der Waals surface area contributed by atoms with Crippen molar-refractivity contribution in [1.29, 1.82) is 0 Å². The average molecular weight is 399 g/mol. The molecular weight excluding hydrogens is 364 g/mol. The molecule has 0 unspecified atom stereocenters. The van der Waals surface area contributed by atoms with Gasteiger partial charge in [-0.15, -0.1) is 0 Å². The van der Waals surface area contributed by atoms with Gasteiger partial charge in [-0.1, -0.05) is 74.6 Å². The lowest BCUT2D eigenvalue weighted by molar-refractivity contribution is 0.971. The first kappa shape index (κ1) is 25.3. The average Bonchev–Trinajstić information content (AvgIpc) is 3.18. The Morgan fingerprint density at radius 2 is 2.04 bits per heavy atom. The molecule has 0 saturated heterocycles. The Labute approximate surface area is 174 Å². The van der Waals surface area contributed by atoms with Gasteiger partial charge in [-0.25, -0.2) is 9.97 Å². The molecule has 0 saturated carbocycles. The summed E-state index contributed by atoms with van der Waals surface area (Å²) in [6, 6.07) is 5.77. The number of rotatable bonds is 8. The first-order valence-corrected chi connectivity index (χ1v) is 10.4. The van der Waals surface area contributed by atoms with E-state index in [-0.39, 0.29) is 0 Å². The second-order valence-corrected chi connectivity index (χ2v) is 6.28. The van der Waals surface area contributed by atoms with Crippen molar-refractivity contribution in [3.05, 3.63) is 78.1 Å². The highest BCUT2D eigenvalue weighted by Gasteiger charge is 2.00. The van der Waals surface area contributed by atoms with Gasteiger partial charge < -0.3 is 10.6 Å². The van der Waals surface area contributed by atoms with Gasteiger partial charge in [0.1, 0.15) is 5.82 Å². The standard InChI is InChI=1S/C16H20N4S.C5H8.C2H6/c1-3-13(11-17-2)7-6-8-14-12-19-16(21-14)20-15-9-4-5-10-18-15;1-3-5-4-2;1-2/h4-6,8-12,17H,3,7H2,1-2H3,(H,18,19,20);3-5H,1H2,2H3;1-2H3/b8-6+,13-11-;5-4+;. The molecule has 0 radical (unpaired) electrons. The molecule has 4 nitrogen and oxygen atoms in total. The summed E-state index contributed by atoms with van der Waals surface area (Å²) >= 11 is 1.62. The molecule has 0 fully saturated rings. The lowest BCUT2D eigenvalue weighted by Crippen LogP contribution is -1.95. The summed E-state index contributed by atoms with van der Waals surface area (Å²) in [5.41, 5.74) is 1.38. The molecule has 2 heterocycles. The fourth-order valence-corrected chi connectivity index (χ4v) is 2.69. The van der Waals surface area contributed by atoms with Gasteiger partial charge in [0.25, 0.3) is 0 Å². The fourth-order valence-electron chi connectivity index (χ4n) is 1.94. The molecule has 152 valence electrons. The van der Waals surface area contributed by atoms with Gasteiger partial charge in [-0.05, 0) is 44.2 Å². The molecule has 0 atom stereocenters. The highest BCUT2D eigenvalue weighted by Crippen LogP contribution is 2.22. The van der Waals surface area contributed by atoms with E-state index in [2.05, 4.69) is 52.5 Å². The fraction of sp³-hybridized carbons (Fsp3) is 0.304. The van der Waals surface area contributed by atoms with E-state index >= 15 is 0 Å².